The largest absolute Gasteiger partial charge is 0.495 e. The second kappa shape index (κ2) is 9.39. The zero-order valence-electron chi connectivity index (χ0n) is 19.8. The molecule has 0 radical (unpaired) electrons. The van der Waals surface area contributed by atoms with Crippen molar-refractivity contribution in [1.82, 2.24) is 9.47 Å². The highest BCUT2D eigenvalue weighted by molar-refractivity contribution is 6.32. The Bertz CT molecular complexity index is 1400. The number of carbonyl (C=O) groups is 1. The van der Waals surface area contributed by atoms with Gasteiger partial charge in [-0.05, 0) is 47.9 Å². The van der Waals surface area contributed by atoms with Crippen LogP contribution in [-0.2, 0) is 6.54 Å². The summed E-state index contributed by atoms with van der Waals surface area (Å²) in [5.74, 6) is 0.937. The Morgan fingerprint density at radius 3 is 2.49 bits per heavy atom. The number of halogens is 1. The summed E-state index contributed by atoms with van der Waals surface area (Å²) >= 11 is 6.37. The van der Waals surface area contributed by atoms with E-state index in [-0.39, 0.29) is 12.1 Å². The molecule has 35 heavy (non-hydrogen) atoms. The van der Waals surface area contributed by atoms with Gasteiger partial charge in [-0.3, -0.25) is 0 Å². The minimum Gasteiger partial charge on any atom is -0.495 e. The number of nitrogens with one attached hydrogen (secondary N) is 1. The van der Waals surface area contributed by atoms with Gasteiger partial charge in [0.15, 0.2) is 0 Å². The molecule has 0 spiro atoms. The Hall–Kier alpha value is -3.90. The summed E-state index contributed by atoms with van der Waals surface area (Å²) in [5.41, 5.74) is 5.77. The lowest BCUT2D eigenvalue weighted by molar-refractivity contribution is 0.194. The van der Waals surface area contributed by atoms with Gasteiger partial charge in [0.05, 0.1) is 37.2 Å². The molecule has 178 valence electrons. The number of ether oxygens (including phenoxy) is 2. The van der Waals surface area contributed by atoms with Gasteiger partial charge in [0.2, 0.25) is 0 Å². The van der Waals surface area contributed by atoms with Crippen molar-refractivity contribution < 1.29 is 14.3 Å². The third kappa shape index (κ3) is 4.10. The third-order valence-electron chi connectivity index (χ3n) is 6.42. The fourth-order valence-corrected chi connectivity index (χ4v) is 4.95. The van der Waals surface area contributed by atoms with E-state index in [1.165, 1.54) is 7.11 Å². The third-order valence-corrected chi connectivity index (χ3v) is 6.72. The summed E-state index contributed by atoms with van der Waals surface area (Å²) in [6.07, 6.45) is 2.05. The molecule has 1 aromatic heterocycles. The molecule has 3 aromatic carbocycles. The fraction of sp³-hybridized carbons (Fsp3) is 0.179. The number of urea groups is 1. The van der Waals surface area contributed by atoms with Crippen molar-refractivity contribution in [3.63, 3.8) is 0 Å². The van der Waals surface area contributed by atoms with Crippen LogP contribution in [0.4, 0.5) is 10.5 Å². The minimum atomic E-state index is -0.307. The van der Waals surface area contributed by atoms with Crippen LogP contribution < -0.4 is 14.8 Å². The molecule has 6 nitrogen and oxygen atoms in total. The molecule has 5 rings (SSSR count). The van der Waals surface area contributed by atoms with Crippen LogP contribution in [0.2, 0.25) is 5.02 Å². The number of fused-ring (bicyclic) bond motifs is 3. The number of hydrogen-bond donors (Lipinski definition) is 1. The molecular weight excluding hydrogens is 462 g/mol. The first kappa shape index (κ1) is 22.9. The maximum absolute atomic E-state index is 14.0. The highest BCUT2D eigenvalue weighted by atomic mass is 35.5. The van der Waals surface area contributed by atoms with E-state index in [1.54, 1.807) is 19.2 Å². The lowest BCUT2D eigenvalue weighted by Crippen LogP contribution is -2.38. The van der Waals surface area contributed by atoms with Gasteiger partial charge >= 0.3 is 6.03 Å². The lowest BCUT2D eigenvalue weighted by atomic mass is 9.97. The molecule has 0 fully saturated rings. The zero-order chi connectivity index (χ0) is 24.5. The minimum absolute atomic E-state index is 0.262. The number of hydrogen-bond acceptors (Lipinski definition) is 3. The standard InChI is InChI=1S/C28H26ClN3O3/c1-18-9-4-6-11-20(18)27-24-13-8-14-31(24)23-12-7-5-10-19(23)17-32(27)28(33)30-22-15-21(29)25(34-2)16-26(22)35-3/h4-16,27H,17H2,1-3H3,(H,30,33). The number of amides is 2. The smallest absolute Gasteiger partial charge is 0.323 e. The van der Waals surface area contributed by atoms with E-state index in [4.69, 9.17) is 21.1 Å². The topological polar surface area (TPSA) is 55.7 Å². The predicted octanol–water partition coefficient (Wildman–Crippen LogP) is 6.59. The molecule has 4 aromatic rings. The van der Waals surface area contributed by atoms with E-state index in [9.17, 15) is 4.79 Å². The van der Waals surface area contributed by atoms with Crippen LogP contribution in [0.3, 0.4) is 0 Å². The van der Waals surface area contributed by atoms with Gasteiger partial charge in [0.25, 0.3) is 0 Å². The Balaban J connectivity index is 1.63. The average Bonchev–Trinajstić information content (AvgIpc) is 3.29. The first-order chi connectivity index (χ1) is 17.0. The van der Waals surface area contributed by atoms with Gasteiger partial charge in [-0.25, -0.2) is 4.79 Å². The lowest BCUT2D eigenvalue weighted by Gasteiger charge is -2.32. The number of carbonyl (C=O) groups excluding carboxylic acids is 1. The van der Waals surface area contributed by atoms with E-state index in [0.717, 1.165) is 28.1 Å². The summed E-state index contributed by atoms with van der Waals surface area (Å²) in [6, 6.07) is 23.2. The average molecular weight is 488 g/mol. The van der Waals surface area contributed by atoms with Crippen LogP contribution in [0.15, 0.2) is 79.0 Å². The highest BCUT2D eigenvalue weighted by Crippen LogP contribution is 2.40. The number of nitrogens with zero attached hydrogens (tertiary/aromatic N) is 2. The molecule has 0 saturated heterocycles. The number of rotatable bonds is 4. The number of aromatic nitrogens is 1. The molecule has 1 unspecified atom stereocenters. The van der Waals surface area contributed by atoms with Crippen LogP contribution in [0.25, 0.3) is 5.69 Å². The van der Waals surface area contributed by atoms with Crippen molar-refractivity contribution in [1.29, 1.82) is 0 Å². The molecular formula is C28H26ClN3O3. The molecule has 0 aliphatic carbocycles. The van der Waals surface area contributed by atoms with E-state index in [0.29, 0.717) is 28.8 Å². The molecule has 2 heterocycles. The molecule has 1 N–H and O–H groups in total. The molecule has 7 heteroatoms. The predicted molar refractivity (Wildman–Crippen MR) is 138 cm³/mol. The number of benzene rings is 3. The van der Waals surface area contributed by atoms with Gasteiger partial charge in [0.1, 0.15) is 17.5 Å². The van der Waals surface area contributed by atoms with Crippen LogP contribution in [0, 0.1) is 6.92 Å². The fourth-order valence-electron chi connectivity index (χ4n) is 4.70. The summed E-state index contributed by atoms with van der Waals surface area (Å²) in [7, 11) is 3.08. The Morgan fingerprint density at radius 2 is 1.71 bits per heavy atom. The summed E-state index contributed by atoms with van der Waals surface area (Å²) in [4.78, 5) is 15.8. The molecule has 0 saturated carbocycles. The van der Waals surface area contributed by atoms with E-state index in [2.05, 4.69) is 47.1 Å². The second-order valence-electron chi connectivity index (χ2n) is 8.44. The quantitative estimate of drug-likeness (QED) is 0.353. The molecule has 1 atom stereocenters. The maximum Gasteiger partial charge on any atom is 0.323 e. The van der Waals surface area contributed by atoms with Gasteiger partial charge < -0.3 is 24.3 Å². The monoisotopic (exact) mass is 487 g/mol. The zero-order valence-corrected chi connectivity index (χ0v) is 20.5. The number of anilines is 1. The first-order valence-electron chi connectivity index (χ1n) is 11.3. The van der Waals surface area contributed by atoms with Gasteiger partial charge in [-0.1, -0.05) is 54.1 Å². The second-order valence-corrected chi connectivity index (χ2v) is 8.84. The molecule has 1 aliphatic rings. The van der Waals surface area contributed by atoms with Crippen LogP contribution in [0.5, 0.6) is 11.5 Å². The summed E-state index contributed by atoms with van der Waals surface area (Å²) < 4.78 is 13.0. The maximum atomic E-state index is 14.0. The Morgan fingerprint density at radius 1 is 0.971 bits per heavy atom. The van der Waals surface area contributed by atoms with Crippen LogP contribution in [0.1, 0.15) is 28.4 Å². The van der Waals surface area contributed by atoms with E-state index < -0.39 is 0 Å². The molecule has 0 bridgehead atoms. The van der Waals surface area contributed by atoms with Crippen LogP contribution >= 0.6 is 11.6 Å². The van der Waals surface area contributed by atoms with Crippen molar-refractivity contribution in [2.75, 3.05) is 19.5 Å². The summed E-state index contributed by atoms with van der Waals surface area (Å²) in [6.45, 7) is 2.50. The van der Waals surface area contributed by atoms with Crippen molar-refractivity contribution >= 4 is 23.3 Å². The molecule has 2 amide bonds. The molecule has 1 aliphatic heterocycles. The van der Waals surface area contributed by atoms with Gasteiger partial charge in [-0.15, -0.1) is 0 Å². The SMILES string of the molecule is COc1cc(OC)c(NC(=O)N2Cc3ccccc3-n3cccc3C2c2ccccc2C)cc1Cl. The Labute approximate surface area is 209 Å². The number of methoxy groups -OCH3 is 2. The highest BCUT2D eigenvalue weighted by Gasteiger charge is 2.34. The normalized spacial score (nSPS) is 14.5. The van der Waals surface area contributed by atoms with Gasteiger partial charge in [-0.2, -0.15) is 0 Å². The van der Waals surface area contributed by atoms with Crippen LogP contribution in [-0.4, -0.2) is 29.7 Å². The van der Waals surface area contributed by atoms with E-state index >= 15 is 0 Å². The van der Waals surface area contributed by atoms with Crippen molar-refractivity contribution in [2.45, 2.75) is 19.5 Å². The number of aryl methyl sites for hydroxylation is 1. The van der Waals surface area contributed by atoms with Crippen molar-refractivity contribution in [2.24, 2.45) is 0 Å². The number of para-hydroxylation sites is 1. The van der Waals surface area contributed by atoms with Crippen molar-refractivity contribution in [3.05, 3.63) is 106 Å². The van der Waals surface area contributed by atoms with Crippen molar-refractivity contribution in [3.8, 4) is 17.2 Å². The Kier molecular flexibility index (Phi) is 6.14. The van der Waals surface area contributed by atoms with E-state index in [1.807, 2.05) is 41.4 Å². The van der Waals surface area contributed by atoms with Gasteiger partial charge in [0, 0.05) is 18.0 Å². The summed E-state index contributed by atoms with van der Waals surface area (Å²) in [5, 5.41) is 3.42. The first-order valence-corrected chi connectivity index (χ1v) is 11.7.